The van der Waals surface area contributed by atoms with E-state index in [-0.39, 0.29) is 23.3 Å². The first kappa shape index (κ1) is 14.9. The molecule has 2 heterocycles. The van der Waals surface area contributed by atoms with Crippen LogP contribution in [0, 0.1) is 11.6 Å². The fourth-order valence-electron chi connectivity index (χ4n) is 2.42. The Hall–Kier alpha value is -3.02. The minimum absolute atomic E-state index is 0.0769. The van der Waals surface area contributed by atoms with Crippen molar-refractivity contribution in [2.24, 2.45) is 5.73 Å². The van der Waals surface area contributed by atoms with Gasteiger partial charge in [-0.2, -0.15) is 0 Å². The molecule has 3 N–H and O–H groups in total. The molecule has 0 amide bonds. The topological polar surface area (TPSA) is 71.8 Å². The molecule has 2 aromatic heterocycles. The number of ketones is 1. The number of hydrogen-bond donors (Lipinski definition) is 2. The van der Waals surface area contributed by atoms with Crippen molar-refractivity contribution in [1.29, 1.82) is 0 Å². The van der Waals surface area contributed by atoms with Crippen molar-refractivity contribution in [3.63, 3.8) is 0 Å². The van der Waals surface area contributed by atoms with E-state index in [1.54, 1.807) is 18.3 Å². The summed E-state index contributed by atoms with van der Waals surface area (Å²) < 4.78 is 27.1. The van der Waals surface area contributed by atoms with Gasteiger partial charge in [0.05, 0.1) is 0 Å². The molecule has 3 rings (SSSR count). The number of nitrogens with one attached hydrogen (secondary N) is 1. The number of nitrogens with zero attached hydrogens (tertiary/aromatic N) is 1. The number of H-pyrrole nitrogens is 1. The van der Waals surface area contributed by atoms with E-state index in [1.807, 2.05) is 0 Å². The number of nitrogens with two attached hydrogens (primary N) is 1. The van der Waals surface area contributed by atoms with Crippen molar-refractivity contribution >= 4 is 16.8 Å². The number of carbonyl (C=O) groups excluding carboxylic acids is 1. The molecule has 0 aliphatic heterocycles. The molecule has 4 nitrogen and oxygen atoms in total. The fourth-order valence-corrected chi connectivity index (χ4v) is 2.42. The second-order valence-corrected chi connectivity index (χ2v) is 5.01. The number of halogens is 2. The van der Waals surface area contributed by atoms with E-state index in [0.717, 1.165) is 12.3 Å². The Labute approximate surface area is 130 Å². The number of aromatic amines is 1. The highest BCUT2D eigenvalue weighted by Crippen LogP contribution is 2.22. The first-order valence-corrected chi connectivity index (χ1v) is 6.92. The van der Waals surface area contributed by atoms with Crippen molar-refractivity contribution in [2.75, 3.05) is 0 Å². The largest absolute Gasteiger partial charge is 0.404 e. The average molecular weight is 313 g/mol. The van der Waals surface area contributed by atoms with E-state index in [0.29, 0.717) is 16.6 Å². The van der Waals surface area contributed by atoms with Crippen LogP contribution >= 0.6 is 0 Å². The molecule has 0 fully saturated rings. The number of fused-ring (bicyclic) bond motifs is 1. The molecule has 0 atom stereocenters. The van der Waals surface area contributed by atoms with Gasteiger partial charge < -0.3 is 10.7 Å². The Morgan fingerprint density at radius 1 is 1.26 bits per heavy atom. The van der Waals surface area contributed by atoms with Crippen LogP contribution in [0.3, 0.4) is 0 Å². The fraction of sp³-hybridized carbons (Fsp3) is 0.0588. The van der Waals surface area contributed by atoms with Crippen LogP contribution in [0.25, 0.3) is 11.0 Å². The van der Waals surface area contributed by atoms with Crippen LogP contribution in [-0.2, 0) is 6.42 Å². The zero-order valence-electron chi connectivity index (χ0n) is 12.0. The van der Waals surface area contributed by atoms with Gasteiger partial charge in [-0.1, -0.05) is 12.1 Å². The van der Waals surface area contributed by atoms with Gasteiger partial charge in [-0.25, -0.2) is 13.8 Å². The van der Waals surface area contributed by atoms with E-state index < -0.39 is 11.6 Å². The lowest BCUT2D eigenvalue weighted by molar-refractivity contribution is 0.103. The van der Waals surface area contributed by atoms with Crippen LogP contribution in [0.4, 0.5) is 8.78 Å². The summed E-state index contributed by atoms with van der Waals surface area (Å²) in [4.78, 5) is 19.6. The maximum atomic E-state index is 13.8. The third-order valence-corrected chi connectivity index (χ3v) is 3.60. The molecule has 1 aromatic carbocycles. The molecular formula is C17H13F2N3O. The van der Waals surface area contributed by atoms with Gasteiger partial charge in [0, 0.05) is 41.5 Å². The highest BCUT2D eigenvalue weighted by atomic mass is 19.2. The molecule has 0 bridgehead atoms. The standard InChI is InChI=1S/C17H13F2N3O/c18-14-5-1-3-10(15(14)19)7-11(8-20)16(23)13-9-22-17-12(13)4-2-6-21-17/h1-6,8-9H,7,20H2,(H,21,22). The van der Waals surface area contributed by atoms with E-state index in [2.05, 4.69) is 9.97 Å². The molecule has 116 valence electrons. The SMILES string of the molecule is NC=C(Cc1cccc(F)c1F)C(=O)c1c[nH]c2ncccc12. The maximum Gasteiger partial charge on any atom is 0.192 e. The quantitative estimate of drug-likeness (QED) is 0.574. The van der Waals surface area contributed by atoms with Gasteiger partial charge in [0.2, 0.25) is 0 Å². The molecule has 23 heavy (non-hydrogen) atoms. The minimum atomic E-state index is -0.972. The molecule has 0 aliphatic carbocycles. The lowest BCUT2D eigenvalue weighted by Crippen LogP contribution is -2.09. The number of benzene rings is 1. The molecule has 0 spiro atoms. The van der Waals surface area contributed by atoms with Crippen LogP contribution in [-0.4, -0.2) is 15.8 Å². The Morgan fingerprint density at radius 2 is 2.09 bits per heavy atom. The molecular weight excluding hydrogens is 300 g/mol. The molecule has 0 radical (unpaired) electrons. The van der Waals surface area contributed by atoms with E-state index in [1.165, 1.54) is 18.3 Å². The maximum absolute atomic E-state index is 13.8. The van der Waals surface area contributed by atoms with Crippen LogP contribution in [0.15, 0.2) is 54.5 Å². The van der Waals surface area contributed by atoms with Crippen LogP contribution in [0.5, 0.6) is 0 Å². The number of Topliss-reactive ketones (excluding diaryl/α,β-unsaturated/α-hetero) is 1. The molecule has 0 saturated carbocycles. The second-order valence-electron chi connectivity index (χ2n) is 5.01. The predicted molar refractivity (Wildman–Crippen MR) is 82.8 cm³/mol. The van der Waals surface area contributed by atoms with Gasteiger partial charge in [-0.3, -0.25) is 4.79 Å². The average Bonchev–Trinajstić information content (AvgIpc) is 2.99. The molecule has 0 unspecified atom stereocenters. The van der Waals surface area contributed by atoms with E-state index >= 15 is 0 Å². The Morgan fingerprint density at radius 3 is 2.87 bits per heavy atom. The Kier molecular flexibility index (Phi) is 3.89. The minimum Gasteiger partial charge on any atom is -0.404 e. The summed E-state index contributed by atoms with van der Waals surface area (Å²) in [6.45, 7) is 0. The van der Waals surface area contributed by atoms with Crippen molar-refractivity contribution < 1.29 is 13.6 Å². The zero-order valence-corrected chi connectivity index (χ0v) is 12.0. The van der Waals surface area contributed by atoms with Crippen LogP contribution in [0.2, 0.25) is 0 Å². The summed E-state index contributed by atoms with van der Waals surface area (Å²) in [5, 5.41) is 0.650. The van der Waals surface area contributed by atoms with Gasteiger partial charge in [0.25, 0.3) is 0 Å². The second kappa shape index (κ2) is 6.00. The van der Waals surface area contributed by atoms with Gasteiger partial charge in [0.15, 0.2) is 17.4 Å². The number of allylic oxidation sites excluding steroid dienone is 1. The van der Waals surface area contributed by atoms with Crippen LogP contribution < -0.4 is 5.73 Å². The Bertz CT molecular complexity index is 915. The molecule has 0 aliphatic rings. The van der Waals surface area contributed by atoms with Gasteiger partial charge in [0.1, 0.15) is 5.65 Å². The summed E-state index contributed by atoms with van der Waals surface area (Å²) in [6.07, 6.45) is 4.17. The summed E-state index contributed by atoms with van der Waals surface area (Å²) >= 11 is 0. The van der Waals surface area contributed by atoms with Gasteiger partial charge in [-0.05, 0) is 23.8 Å². The van der Waals surface area contributed by atoms with E-state index in [4.69, 9.17) is 5.73 Å². The number of rotatable bonds is 4. The van der Waals surface area contributed by atoms with Crippen molar-refractivity contribution in [3.8, 4) is 0 Å². The van der Waals surface area contributed by atoms with Gasteiger partial charge in [-0.15, -0.1) is 0 Å². The third kappa shape index (κ3) is 2.70. The van der Waals surface area contributed by atoms with Crippen molar-refractivity contribution in [1.82, 2.24) is 9.97 Å². The molecule has 0 saturated heterocycles. The first-order valence-electron chi connectivity index (χ1n) is 6.92. The first-order chi connectivity index (χ1) is 11.1. The summed E-state index contributed by atoms with van der Waals surface area (Å²) in [7, 11) is 0. The van der Waals surface area contributed by atoms with Gasteiger partial charge >= 0.3 is 0 Å². The number of carbonyl (C=O) groups is 1. The number of pyridine rings is 1. The monoisotopic (exact) mass is 313 g/mol. The highest BCUT2D eigenvalue weighted by molar-refractivity contribution is 6.15. The molecule has 6 heteroatoms. The Balaban J connectivity index is 1.95. The predicted octanol–water partition coefficient (Wildman–Crippen LogP) is 3.11. The number of hydrogen-bond acceptors (Lipinski definition) is 3. The highest BCUT2D eigenvalue weighted by Gasteiger charge is 2.19. The third-order valence-electron chi connectivity index (χ3n) is 3.60. The normalized spacial score (nSPS) is 11.8. The lowest BCUT2D eigenvalue weighted by atomic mass is 9.97. The van der Waals surface area contributed by atoms with Crippen molar-refractivity contribution in [3.05, 3.63) is 77.3 Å². The smallest absolute Gasteiger partial charge is 0.192 e. The van der Waals surface area contributed by atoms with Crippen LogP contribution in [0.1, 0.15) is 15.9 Å². The van der Waals surface area contributed by atoms with Crippen molar-refractivity contribution in [2.45, 2.75) is 6.42 Å². The number of aromatic nitrogens is 2. The summed E-state index contributed by atoms with van der Waals surface area (Å²) in [5.74, 6) is -2.28. The summed E-state index contributed by atoms with van der Waals surface area (Å²) in [5.41, 5.74) is 6.76. The zero-order chi connectivity index (χ0) is 16.4. The molecule has 3 aromatic rings. The summed E-state index contributed by atoms with van der Waals surface area (Å²) in [6, 6.07) is 7.31. The lowest BCUT2D eigenvalue weighted by Gasteiger charge is -2.07. The van der Waals surface area contributed by atoms with E-state index in [9.17, 15) is 13.6 Å².